The number of aliphatic imine (C=N–C) groups is 1. The minimum absolute atomic E-state index is 0.195. The largest absolute Gasteiger partial charge is 0.359 e. The summed E-state index contributed by atoms with van der Waals surface area (Å²) in [7, 11) is 0. The number of carbonyl (C=O) groups excluding carboxylic acids is 1. The number of carbonyl (C=O) groups is 1. The fourth-order valence-electron chi connectivity index (χ4n) is 1.66. The second kappa shape index (κ2) is 5.29. The highest BCUT2D eigenvalue weighted by Gasteiger charge is 2.30. The van der Waals surface area contributed by atoms with E-state index in [1.165, 1.54) is 0 Å². The molecular formula is C12H21N3OS. The van der Waals surface area contributed by atoms with Gasteiger partial charge in [0.15, 0.2) is 5.17 Å². The number of thioether (sulfide) groups is 1. The molecule has 1 unspecified atom stereocenters. The molecule has 0 radical (unpaired) electrons. The molecular weight excluding hydrogens is 234 g/mol. The molecule has 0 aromatic heterocycles. The first-order chi connectivity index (χ1) is 8.13. The van der Waals surface area contributed by atoms with E-state index in [-0.39, 0.29) is 11.4 Å². The van der Waals surface area contributed by atoms with E-state index in [1.54, 1.807) is 11.8 Å². The minimum atomic E-state index is 0.195. The van der Waals surface area contributed by atoms with Crippen molar-refractivity contribution >= 4 is 22.8 Å². The van der Waals surface area contributed by atoms with Crippen LogP contribution in [0.3, 0.4) is 0 Å². The molecule has 1 aliphatic heterocycles. The second-order valence-corrected chi connectivity index (χ2v) is 6.04. The van der Waals surface area contributed by atoms with Gasteiger partial charge in [-0.1, -0.05) is 18.7 Å². The Morgan fingerprint density at radius 3 is 3.00 bits per heavy atom. The Balaban J connectivity index is 1.65. The highest BCUT2D eigenvalue weighted by molar-refractivity contribution is 8.14. The van der Waals surface area contributed by atoms with Crippen molar-refractivity contribution in [1.29, 1.82) is 0 Å². The molecule has 0 aromatic carbocycles. The van der Waals surface area contributed by atoms with Crippen LogP contribution in [0.5, 0.6) is 0 Å². The SMILES string of the molecule is CCC1(C)CSC(=NCCNC(=O)C2CC2)N1. The van der Waals surface area contributed by atoms with Crippen LogP contribution in [-0.4, -0.2) is 35.5 Å². The zero-order chi connectivity index (χ0) is 12.3. The molecule has 1 heterocycles. The van der Waals surface area contributed by atoms with E-state index in [9.17, 15) is 4.79 Å². The van der Waals surface area contributed by atoms with E-state index >= 15 is 0 Å². The topological polar surface area (TPSA) is 53.5 Å². The van der Waals surface area contributed by atoms with Crippen LogP contribution in [0, 0.1) is 5.92 Å². The van der Waals surface area contributed by atoms with Gasteiger partial charge >= 0.3 is 0 Å². The van der Waals surface area contributed by atoms with Crippen LogP contribution in [-0.2, 0) is 4.79 Å². The standard InChI is InChI=1S/C12H21N3OS/c1-3-12(2)8-17-11(15-12)14-7-6-13-10(16)9-4-5-9/h9H,3-8H2,1-2H3,(H,13,16)(H,14,15). The van der Waals surface area contributed by atoms with E-state index in [2.05, 4.69) is 29.5 Å². The Morgan fingerprint density at radius 1 is 1.65 bits per heavy atom. The molecule has 1 atom stereocenters. The quantitative estimate of drug-likeness (QED) is 0.730. The summed E-state index contributed by atoms with van der Waals surface area (Å²) >= 11 is 1.78. The van der Waals surface area contributed by atoms with Crippen LogP contribution in [0.1, 0.15) is 33.1 Å². The van der Waals surface area contributed by atoms with E-state index in [1.807, 2.05) is 0 Å². The Labute approximate surface area is 107 Å². The number of hydrogen-bond donors (Lipinski definition) is 2. The zero-order valence-corrected chi connectivity index (χ0v) is 11.4. The number of hydrogen-bond acceptors (Lipinski definition) is 3. The summed E-state index contributed by atoms with van der Waals surface area (Å²) in [5, 5.41) is 7.38. The van der Waals surface area contributed by atoms with E-state index in [4.69, 9.17) is 0 Å². The van der Waals surface area contributed by atoms with Crippen molar-refractivity contribution in [2.75, 3.05) is 18.8 Å². The van der Waals surface area contributed by atoms with Crippen molar-refractivity contribution in [3.05, 3.63) is 0 Å². The summed E-state index contributed by atoms with van der Waals surface area (Å²) < 4.78 is 0. The van der Waals surface area contributed by atoms with E-state index < -0.39 is 0 Å². The normalized spacial score (nSPS) is 30.4. The number of nitrogens with zero attached hydrogens (tertiary/aromatic N) is 1. The van der Waals surface area contributed by atoms with Crippen molar-refractivity contribution in [2.45, 2.75) is 38.6 Å². The van der Waals surface area contributed by atoms with Gasteiger partial charge in [-0.2, -0.15) is 0 Å². The van der Waals surface area contributed by atoms with Gasteiger partial charge in [0.05, 0.1) is 6.54 Å². The van der Waals surface area contributed by atoms with E-state index in [0.29, 0.717) is 19.0 Å². The first-order valence-corrected chi connectivity index (χ1v) is 7.35. The van der Waals surface area contributed by atoms with Crippen LogP contribution in [0.15, 0.2) is 4.99 Å². The molecule has 1 saturated heterocycles. The predicted molar refractivity (Wildman–Crippen MR) is 72.3 cm³/mol. The molecule has 4 nitrogen and oxygen atoms in total. The molecule has 0 bridgehead atoms. The van der Waals surface area contributed by atoms with Gasteiger partial charge in [0, 0.05) is 23.8 Å². The summed E-state index contributed by atoms with van der Waals surface area (Å²) in [6.45, 7) is 5.74. The molecule has 1 aliphatic carbocycles. The monoisotopic (exact) mass is 255 g/mol. The third-order valence-electron chi connectivity index (χ3n) is 3.33. The lowest BCUT2D eigenvalue weighted by atomic mass is 10.0. The Kier molecular flexibility index (Phi) is 3.97. The molecule has 0 aromatic rings. The lowest BCUT2D eigenvalue weighted by molar-refractivity contribution is -0.122. The molecule has 5 heteroatoms. The molecule has 1 amide bonds. The van der Waals surface area contributed by atoms with Crippen LogP contribution in [0.2, 0.25) is 0 Å². The summed E-state index contributed by atoms with van der Waals surface area (Å²) in [5.41, 5.74) is 0.195. The van der Waals surface area contributed by atoms with Gasteiger partial charge in [0.2, 0.25) is 5.91 Å². The second-order valence-electron chi connectivity index (χ2n) is 5.08. The van der Waals surface area contributed by atoms with Crippen molar-refractivity contribution < 1.29 is 4.79 Å². The van der Waals surface area contributed by atoms with Crippen LogP contribution >= 0.6 is 11.8 Å². The minimum Gasteiger partial charge on any atom is -0.359 e. The highest BCUT2D eigenvalue weighted by atomic mass is 32.2. The fraction of sp³-hybridized carbons (Fsp3) is 0.833. The fourth-order valence-corrected chi connectivity index (χ4v) is 2.89. The maximum atomic E-state index is 11.4. The van der Waals surface area contributed by atoms with E-state index in [0.717, 1.165) is 30.2 Å². The van der Waals surface area contributed by atoms with Crippen molar-refractivity contribution in [2.24, 2.45) is 10.9 Å². The van der Waals surface area contributed by atoms with Gasteiger partial charge in [-0.15, -0.1) is 0 Å². The number of rotatable bonds is 5. The van der Waals surface area contributed by atoms with Gasteiger partial charge in [0.25, 0.3) is 0 Å². The average molecular weight is 255 g/mol. The van der Waals surface area contributed by atoms with Crippen molar-refractivity contribution in [1.82, 2.24) is 10.6 Å². The maximum Gasteiger partial charge on any atom is 0.223 e. The van der Waals surface area contributed by atoms with Gasteiger partial charge in [-0.25, -0.2) is 0 Å². The Morgan fingerprint density at radius 2 is 2.41 bits per heavy atom. The van der Waals surface area contributed by atoms with Gasteiger partial charge < -0.3 is 10.6 Å². The predicted octanol–water partition coefficient (Wildman–Crippen LogP) is 1.37. The molecule has 0 spiro atoms. The van der Waals surface area contributed by atoms with Crippen molar-refractivity contribution in [3.63, 3.8) is 0 Å². The van der Waals surface area contributed by atoms with Crippen LogP contribution in [0.25, 0.3) is 0 Å². The summed E-state index contributed by atoms with van der Waals surface area (Å²) in [4.78, 5) is 15.8. The lowest BCUT2D eigenvalue weighted by Crippen LogP contribution is -2.39. The first-order valence-electron chi connectivity index (χ1n) is 6.36. The maximum absolute atomic E-state index is 11.4. The Bertz CT molecular complexity index is 328. The summed E-state index contributed by atoms with van der Waals surface area (Å²) in [6.07, 6.45) is 3.23. The van der Waals surface area contributed by atoms with Crippen molar-refractivity contribution in [3.8, 4) is 0 Å². The molecule has 2 N–H and O–H groups in total. The number of nitrogens with one attached hydrogen (secondary N) is 2. The molecule has 2 rings (SSSR count). The highest BCUT2D eigenvalue weighted by Crippen LogP contribution is 2.28. The number of amides is 1. The smallest absolute Gasteiger partial charge is 0.223 e. The van der Waals surface area contributed by atoms with Gasteiger partial charge in [0.1, 0.15) is 0 Å². The van der Waals surface area contributed by atoms with Crippen LogP contribution < -0.4 is 10.6 Å². The third kappa shape index (κ3) is 3.63. The third-order valence-corrected chi connectivity index (χ3v) is 4.62. The molecule has 2 aliphatic rings. The Hall–Kier alpha value is -0.710. The lowest BCUT2D eigenvalue weighted by Gasteiger charge is -2.20. The molecule has 1 saturated carbocycles. The average Bonchev–Trinajstić information content (AvgIpc) is 3.10. The van der Waals surface area contributed by atoms with Gasteiger partial charge in [-0.3, -0.25) is 9.79 Å². The molecule has 96 valence electrons. The zero-order valence-electron chi connectivity index (χ0n) is 10.6. The van der Waals surface area contributed by atoms with Crippen LogP contribution in [0.4, 0.5) is 0 Å². The molecule has 17 heavy (non-hydrogen) atoms. The number of amidine groups is 1. The summed E-state index contributed by atoms with van der Waals surface area (Å²) in [5.74, 6) is 1.58. The summed E-state index contributed by atoms with van der Waals surface area (Å²) in [6, 6.07) is 0. The van der Waals surface area contributed by atoms with Gasteiger partial charge in [-0.05, 0) is 26.2 Å². The first kappa shape index (κ1) is 12.7. The molecule has 2 fully saturated rings.